The number of aromatic nitrogens is 2. The average molecular weight is 280 g/mol. The van der Waals surface area contributed by atoms with E-state index >= 15 is 0 Å². The summed E-state index contributed by atoms with van der Waals surface area (Å²) < 4.78 is 11.1. The van der Waals surface area contributed by atoms with Crippen LogP contribution in [0.1, 0.15) is 11.3 Å². The van der Waals surface area contributed by atoms with Crippen LogP contribution in [0, 0.1) is 6.92 Å². The zero-order valence-electron chi connectivity index (χ0n) is 12.0. The number of aryl methyl sites for hydroxylation is 1. The van der Waals surface area contributed by atoms with Gasteiger partial charge in [-0.25, -0.2) is 4.98 Å². The van der Waals surface area contributed by atoms with Crippen molar-refractivity contribution in [3.8, 4) is 11.8 Å². The van der Waals surface area contributed by atoms with Crippen LogP contribution in [0.2, 0.25) is 0 Å². The minimum atomic E-state index is 0.450. The van der Waals surface area contributed by atoms with Crippen LogP contribution < -0.4 is 9.47 Å². The van der Waals surface area contributed by atoms with Crippen LogP contribution >= 0.6 is 0 Å². The smallest absolute Gasteiger partial charge is 0.244 e. The van der Waals surface area contributed by atoms with Gasteiger partial charge in [0.2, 0.25) is 11.8 Å². The minimum Gasteiger partial charge on any atom is -0.481 e. The Hall–Kier alpha value is -2.62. The molecule has 0 atom stereocenters. The van der Waals surface area contributed by atoms with Crippen LogP contribution in [-0.2, 0) is 6.61 Å². The van der Waals surface area contributed by atoms with E-state index in [1.165, 1.54) is 0 Å². The molecule has 0 saturated carbocycles. The van der Waals surface area contributed by atoms with Crippen molar-refractivity contribution in [1.29, 1.82) is 0 Å². The molecule has 3 rings (SSSR count). The Morgan fingerprint density at radius 1 is 1.00 bits per heavy atom. The number of benzene rings is 1. The van der Waals surface area contributed by atoms with Gasteiger partial charge in [0.05, 0.1) is 7.11 Å². The SMILES string of the molecule is COc1cc2ccc(C)nc2c(OCc2ccccc2)n1. The fourth-order valence-electron chi connectivity index (χ4n) is 2.10. The van der Waals surface area contributed by atoms with Crippen molar-refractivity contribution in [2.75, 3.05) is 7.11 Å². The molecule has 0 aliphatic heterocycles. The van der Waals surface area contributed by atoms with Gasteiger partial charge in [-0.15, -0.1) is 0 Å². The van der Waals surface area contributed by atoms with Crippen molar-refractivity contribution in [3.05, 3.63) is 59.8 Å². The summed E-state index contributed by atoms with van der Waals surface area (Å²) in [5.41, 5.74) is 2.77. The van der Waals surface area contributed by atoms with Gasteiger partial charge in [-0.2, -0.15) is 4.98 Å². The summed E-state index contributed by atoms with van der Waals surface area (Å²) in [4.78, 5) is 8.89. The number of rotatable bonds is 4. The third-order valence-corrected chi connectivity index (χ3v) is 3.19. The molecule has 0 bridgehead atoms. The van der Waals surface area contributed by atoms with Gasteiger partial charge in [0, 0.05) is 17.1 Å². The van der Waals surface area contributed by atoms with Crippen molar-refractivity contribution < 1.29 is 9.47 Å². The largest absolute Gasteiger partial charge is 0.481 e. The maximum atomic E-state index is 5.85. The molecule has 0 radical (unpaired) electrons. The second-order valence-electron chi connectivity index (χ2n) is 4.77. The van der Waals surface area contributed by atoms with E-state index in [-0.39, 0.29) is 0 Å². The monoisotopic (exact) mass is 280 g/mol. The summed E-state index contributed by atoms with van der Waals surface area (Å²) >= 11 is 0. The lowest BCUT2D eigenvalue weighted by molar-refractivity contribution is 0.290. The van der Waals surface area contributed by atoms with E-state index in [4.69, 9.17) is 9.47 Å². The molecule has 0 aliphatic carbocycles. The summed E-state index contributed by atoms with van der Waals surface area (Å²) in [6, 6.07) is 15.8. The number of methoxy groups -OCH3 is 1. The molecule has 21 heavy (non-hydrogen) atoms. The standard InChI is InChI=1S/C17H16N2O2/c1-12-8-9-14-10-15(20-2)19-17(16(14)18-12)21-11-13-6-4-3-5-7-13/h3-10H,11H2,1-2H3. The Labute approximate surface area is 123 Å². The van der Waals surface area contributed by atoms with Gasteiger partial charge in [-0.05, 0) is 18.6 Å². The zero-order chi connectivity index (χ0) is 14.7. The highest BCUT2D eigenvalue weighted by molar-refractivity contribution is 5.84. The van der Waals surface area contributed by atoms with E-state index in [0.717, 1.165) is 22.2 Å². The molecule has 4 nitrogen and oxygen atoms in total. The normalized spacial score (nSPS) is 10.6. The van der Waals surface area contributed by atoms with Crippen molar-refractivity contribution in [2.45, 2.75) is 13.5 Å². The maximum Gasteiger partial charge on any atom is 0.244 e. The lowest BCUT2D eigenvalue weighted by Gasteiger charge is -2.10. The molecular weight excluding hydrogens is 264 g/mol. The van der Waals surface area contributed by atoms with E-state index in [1.54, 1.807) is 7.11 Å². The summed E-state index contributed by atoms with van der Waals surface area (Å²) in [6.45, 7) is 2.40. The molecule has 0 aliphatic rings. The Bertz CT molecular complexity index is 757. The first-order chi connectivity index (χ1) is 10.3. The molecular formula is C17H16N2O2. The molecule has 0 N–H and O–H groups in total. The Morgan fingerprint density at radius 2 is 1.81 bits per heavy atom. The summed E-state index contributed by atoms with van der Waals surface area (Å²) in [5.74, 6) is 1.02. The second kappa shape index (κ2) is 5.79. The molecule has 3 aromatic rings. The summed E-state index contributed by atoms with van der Waals surface area (Å²) in [6.07, 6.45) is 0. The van der Waals surface area contributed by atoms with Crippen LogP contribution in [0.4, 0.5) is 0 Å². The fraction of sp³-hybridized carbons (Fsp3) is 0.176. The molecule has 0 spiro atoms. The molecule has 1 aromatic carbocycles. The predicted octanol–water partition coefficient (Wildman–Crippen LogP) is 3.53. The number of ether oxygens (including phenoxy) is 2. The summed E-state index contributed by atoms with van der Waals surface area (Å²) in [5, 5.41) is 0.954. The topological polar surface area (TPSA) is 44.2 Å². The molecule has 0 unspecified atom stereocenters. The first-order valence-electron chi connectivity index (χ1n) is 6.75. The third kappa shape index (κ3) is 2.94. The quantitative estimate of drug-likeness (QED) is 0.733. The fourth-order valence-corrected chi connectivity index (χ4v) is 2.10. The van der Waals surface area contributed by atoms with Crippen molar-refractivity contribution in [2.24, 2.45) is 0 Å². The number of nitrogens with zero attached hydrogens (tertiary/aromatic N) is 2. The number of hydrogen-bond acceptors (Lipinski definition) is 4. The Balaban J connectivity index is 1.97. The highest BCUT2D eigenvalue weighted by atomic mass is 16.5. The zero-order valence-corrected chi connectivity index (χ0v) is 12.0. The van der Waals surface area contributed by atoms with Crippen LogP contribution in [0.25, 0.3) is 10.9 Å². The van der Waals surface area contributed by atoms with Gasteiger partial charge >= 0.3 is 0 Å². The molecule has 0 amide bonds. The predicted molar refractivity (Wildman–Crippen MR) is 81.6 cm³/mol. The van der Waals surface area contributed by atoms with Crippen molar-refractivity contribution in [1.82, 2.24) is 9.97 Å². The van der Waals surface area contributed by atoms with E-state index in [0.29, 0.717) is 18.4 Å². The maximum absolute atomic E-state index is 5.85. The van der Waals surface area contributed by atoms with Gasteiger partial charge < -0.3 is 9.47 Å². The first-order valence-corrected chi connectivity index (χ1v) is 6.75. The number of hydrogen-bond donors (Lipinski definition) is 0. The average Bonchev–Trinajstić information content (AvgIpc) is 2.53. The van der Waals surface area contributed by atoms with Crippen molar-refractivity contribution >= 4 is 10.9 Å². The van der Waals surface area contributed by atoms with Gasteiger partial charge in [-0.1, -0.05) is 36.4 Å². The first kappa shape index (κ1) is 13.4. The minimum absolute atomic E-state index is 0.450. The van der Waals surface area contributed by atoms with Gasteiger partial charge in [-0.3, -0.25) is 0 Å². The molecule has 106 valence electrons. The Morgan fingerprint density at radius 3 is 2.57 bits per heavy atom. The second-order valence-corrected chi connectivity index (χ2v) is 4.77. The lowest BCUT2D eigenvalue weighted by Crippen LogP contribution is -2.00. The number of fused-ring (bicyclic) bond motifs is 1. The van der Waals surface area contributed by atoms with E-state index in [9.17, 15) is 0 Å². The van der Waals surface area contributed by atoms with Crippen LogP contribution in [0.15, 0.2) is 48.5 Å². The Kier molecular flexibility index (Phi) is 3.69. The van der Waals surface area contributed by atoms with Crippen molar-refractivity contribution in [3.63, 3.8) is 0 Å². The highest BCUT2D eigenvalue weighted by Gasteiger charge is 2.10. The molecule has 4 heteroatoms. The van der Waals surface area contributed by atoms with Crippen LogP contribution in [0.5, 0.6) is 11.8 Å². The van der Waals surface area contributed by atoms with Gasteiger partial charge in [0.15, 0.2) is 0 Å². The summed E-state index contributed by atoms with van der Waals surface area (Å²) in [7, 11) is 1.59. The molecule has 2 aromatic heterocycles. The highest BCUT2D eigenvalue weighted by Crippen LogP contribution is 2.27. The van der Waals surface area contributed by atoms with E-state index in [2.05, 4.69) is 9.97 Å². The van der Waals surface area contributed by atoms with Crippen LogP contribution in [-0.4, -0.2) is 17.1 Å². The molecule has 0 fully saturated rings. The third-order valence-electron chi connectivity index (χ3n) is 3.19. The lowest BCUT2D eigenvalue weighted by atomic mass is 10.2. The van der Waals surface area contributed by atoms with Gasteiger partial charge in [0.1, 0.15) is 12.1 Å². The molecule has 2 heterocycles. The number of pyridine rings is 2. The van der Waals surface area contributed by atoms with Gasteiger partial charge in [0.25, 0.3) is 0 Å². The van der Waals surface area contributed by atoms with E-state index < -0.39 is 0 Å². The van der Waals surface area contributed by atoms with Crippen LogP contribution in [0.3, 0.4) is 0 Å². The van der Waals surface area contributed by atoms with E-state index in [1.807, 2.05) is 55.5 Å². The molecule has 0 saturated heterocycles.